The maximum absolute atomic E-state index is 10.8. The maximum Gasteiger partial charge on any atom is 0.271 e. The van der Waals surface area contributed by atoms with Gasteiger partial charge in [-0.25, -0.2) is 0 Å². The van der Waals surface area contributed by atoms with Crippen molar-refractivity contribution in [3.8, 4) is 0 Å². The van der Waals surface area contributed by atoms with Gasteiger partial charge in [0.05, 0.1) is 10.4 Å². The molecule has 3 rings (SSSR count). The molecule has 1 aliphatic rings. The summed E-state index contributed by atoms with van der Waals surface area (Å²) in [6.07, 6.45) is 6.88. The van der Waals surface area contributed by atoms with Gasteiger partial charge in [0.25, 0.3) is 5.69 Å². The third-order valence-corrected chi connectivity index (χ3v) is 4.00. The monoisotopic (exact) mass is 271 g/mol. The number of nitro groups is 1. The lowest BCUT2D eigenvalue weighted by Gasteiger charge is -2.28. The fourth-order valence-electron chi connectivity index (χ4n) is 2.72. The number of hydrogen-bond donors (Lipinski definition) is 2. The smallest absolute Gasteiger partial charge is 0.271 e. The second kappa shape index (κ2) is 4.45. The number of hydrogen-bond acceptors (Lipinski definition) is 3. The molecule has 0 amide bonds. The lowest BCUT2D eigenvalue weighted by Crippen LogP contribution is -2.36. The van der Waals surface area contributed by atoms with Crippen LogP contribution in [0.1, 0.15) is 31.7 Å². The number of aromatic nitrogens is 1. The highest BCUT2D eigenvalue weighted by Crippen LogP contribution is 2.35. The van der Waals surface area contributed by atoms with Crippen LogP contribution in [0.5, 0.6) is 0 Å². The highest BCUT2D eigenvalue weighted by atomic mass is 16.6. The molecule has 20 heavy (non-hydrogen) atoms. The van der Waals surface area contributed by atoms with Crippen LogP contribution in [0.4, 0.5) is 5.69 Å². The summed E-state index contributed by atoms with van der Waals surface area (Å²) in [6.45, 7) is 2.07. The second-order valence-electron chi connectivity index (χ2n) is 5.78. The van der Waals surface area contributed by atoms with Crippen LogP contribution >= 0.6 is 0 Å². The van der Waals surface area contributed by atoms with Gasteiger partial charge in [0, 0.05) is 34.8 Å². The quantitative estimate of drug-likeness (QED) is 0.648. The van der Waals surface area contributed by atoms with E-state index in [1.54, 1.807) is 12.1 Å². The molecule has 1 aromatic carbocycles. The van der Waals surface area contributed by atoms with Gasteiger partial charge in [0.1, 0.15) is 0 Å². The molecule has 1 heterocycles. The van der Waals surface area contributed by atoms with E-state index in [1.807, 2.05) is 12.3 Å². The largest absolute Gasteiger partial charge is 0.360 e. The normalized spacial score (nSPS) is 22.8. The van der Waals surface area contributed by atoms with E-state index in [4.69, 9.17) is 5.73 Å². The molecular formula is C15H17N3O2. The molecule has 1 aromatic heterocycles. The first kappa shape index (κ1) is 12.9. The first-order chi connectivity index (χ1) is 9.46. The molecule has 1 atom stereocenters. The first-order valence-corrected chi connectivity index (χ1v) is 6.70. The molecule has 0 radical (unpaired) electrons. The van der Waals surface area contributed by atoms with Crippen molar-refractivity contribution in [1.29, 1.82) is 0 Å². The Labute approximate surface area is 116 Å². The zero-order valence-electron chi connectivity index (χ0n) is 11.3. The summed E-state index contributed by atoms with van der Waals surface area (Å²) in [4.78, 5) is 13.5. The lowest BCUT2D eigenvalue weighted by atomic mass is 9.83. The molecule has 0 bridgehead atoms. The molecule has 0 saturated carbocycles. The van der Waals surface area contributed by atoms with Gasteiger partial charge in [-0.1, -0.05) is 6.08 Å². The summed E-state index contributed by atoms with van der Waals surface area (Å²) in [5, 5.41) is 11.8. The topological polar surface area (TPSA) is 85.0 Å². The lowest BCUT2D eigenvalue weighted by molar-refractivity contribution is -0.384. The minimum absolute atomic E-state index is 0.109. The van der Waals surface area contributed by atoms with Crippen LogP contribution in [0.15, 0.2) is 30.5 Å². The van der Waals surface area contributed by atoms with Gasteiger partial charge in [0.15, 0.2) is 0 Å². The van der Waals surface area contributed by atoms with E-state index >= 15 is 0 Å². The third-order valence-electron chi connectivity index (χ3n) is 4.00. The van der Waals surface area contributed by atoms with Crippen molar-refractivity contribution in [3.63, 3.8) is 0 Å². The molecule has 2 aromatic rings. The van der Waals surface area contributed by atoms with Crippen LogP contribution in [0, 0.1) is 10.1 Å². The van der Waals surface area contributed by atoms with Gasteiger partial charge >= 0.3 is 0 Å². The Balaban J connectivity index is 2.01. The number of nitro benzene ring substituents is 1. The summed E-state index contributed by atoms with van der Waals surface area (Å²) in [5.41, 5.74) is 9.33. The minimum atomic E-state index is -0.375. The van der Waals surface area contributed by atoms with Gasteiger partial charge in [-0.15, -0.1) is 0 Å². The van der Waals surface area contributed by atoms with Crippen molar-refractivity contribution >= 4 is 22.2 Å². The number of H-pyrrole nitrogens is 1. The molecular weight excluding hydrogens is 254 g/mol. The molecule has 104 valence electrons. The van der Waals surface area contributed by atoms with Crippen LogP contribution in [-0.4, -0.2) is 15.4 Å². The maximum atomic E-state index is 10.8. The van der Waals surface area contributed by atoms with Crippen LogP contribution in [0.2, 0.25) is 0 Å². The number of nitrogens with zero attached hydrogens (tertiary/aromatic N) is 1. The molecule has 1 unspecified atom stereocenters. The molecule has 5 heteroatoms. The van der Waals surface area contributed by atoms with E-state index in [2.05, 4.69) is 18.0 Å². The van der Waals surface area contributed by atoms with Crippen molar-refractivity contribution in [3.05, 3.63) is 46.1 Å². The van der Waals surface area contributed by atoms with E-state index in [0.717, 1.165) is 35.7 Å². The first-order valence-electron chi connectivity index (χ1n) is 6.70. The van der Waals surface area contributed by atoms with Gasteiger partial charge in [0.2, 0.25) is 0 Å². The highest BCUT2D eigenvalue weighted by molar-refractivity contribution is 5.93. The fraction of sp³-hybridized carbons (Fsp3) is 0.333. The van der Waals surface area contributed by atoms with Crippen molar-refractivity contribution in [2.45, 2.75) is 31.7 Å². The van der Waals surface area contributed by atoms with E-state index in [-0.39, 0.29) is 16.1 Å². The number of benzene rings is 1. The van der Waals surface area contributed by atoms with E-state index in [9.17, 15) is 10.1 Å². The van der Waals surface area contributed by atoms with Gasteiger partial charge < -0.3 is 10.7 Å². The van der Waals surface area contributed by atoms with E-state index in [0.29, 0.717) is 0 Å². The predicted molar refractivity (Wildman–Crippen MR) is 79.4 cm³/mol. The Bertz CT molecular complexity index is 713. The molecule has 5 nitrogen and oxygen atoms in total. The summed E-state index contributed by atoms with van der Waals surface area (Å²) >= 11 is 0. The molecule has 0 spiro atoms. The Hall–Kier alpha value is -2.14. The van der Waals surface area contributed by atoms with Crippen molar-refractivity contribution in [2.75, 3.05) is 0 Å². The van der Waals surface area contributed by atoms with Crippen LogP contribution < -0.4 is 5.73 Å². The number of nitrogens with two attached hydrogens (primary N) is 1. The van der Waals surface area contributed by atoms with Gasteiger partial charge in [-0.2, -0.15) is 0 Å². The number of nitrogens with one attached hydrogen (secondary N) is 1. The molecule has 1 aliphatic carbocycles. The van der Waals surface area contributed by atoms with Crippen LogP contribution in [0.3, 0.4) is 0 Å². The summed E-state index contributed by atoms with van der Waals surface area (Å²) in [5.74, 6) is 0. The summed E-state index contributed by atoms with van der Waals surface area (Å²) in [6, 6.07) is 4.95. The summed E-state index contributed by atoms with van der Waals surface area (Å²) < 4.78 is 0. The standard InChI is InChI=1S/C15H17N3O2/c1-15(16)6-4-10(5-7-15)13-9-17-14-8-11(18(19)20)2-3-12(13)14/h2-4,8-9,17H,5-7,16H2,1H3. The average molecular weight is 271 g/mol. The zero-order chi connectivity index (χ0) is 14.3. The Morgan fingerprint density at radius 1 is 1.45 bits per heavy atom. The minimum Gasteiger partial charge on any atom is -0.360 e. The van der Waals surface area contributed by atoms with E-state index in [1.165, 1.54) is 5.57 Å². The third kappa shape index (κ3) is 2.20. The Morgan fingerprint density at radius 3 is 2.90 bits per heavy atom. The number of non-ortho nitro benzene ring substituents is 1. The highest BCUT2D eigenvalue weighted by Gasteiger charge is 2.23. The Morgan fingerprint density at radius 2 is 2.25 bits per heavy atom. The van der Waals surface area contributed by atoms with Crippen LogP contribution in [-0.2, 0) is 0 Å². The molecule has 3 N–H and O–H groups in total. The molecule has 0 aliphatic heterocycles. The number of allylic oxidation sites excluding steroid dienone is 1. The Kier molecular flexibility index (Phi) is 2.87. The van der Waals surface area contributed by atoms with Gasteiger partial charge in [-0.3, -0.25) is 10.1 Å². The number of fused-ring (bicyclic) bond motifs is 1. The van der Waals surface area contributed by atoms with Gasteiger partial charge in [-0.05, 0) is 37.8 Å². The van der Waals surface area contributed by atoms with Crippen molar-refractivity contribution < 1.29 is 4.92 Å². The van der Waals surface area contributed by atoms with Crippen LogP contribution in [0.25, 0.3) is 16.5 Å². The predicted octanol–water partition coefficient (Wildman–Crippen LogP) is 3.36. The van der Waals surface area contributed by atoms with Crippen molar-refractivity contribution in [1.82, 2.24) is 4.98 Å². The number of aromatic amines is 1. The second-order valence-corrected chi connectivity index (χ2v) is 5.78. The summed E-state index contributed by atoms with van der Waals surface area (Å²) in [7, 11) is 0. The van der Waals surface area contributed by atoms with Crippen molar-refractivity contribution in [2.24, 2.45) is 5.73 Å². The SMILES string of the molecule is CC1(N)CC=C(c2c[nH]c3cc([N+](=O)[O-])ccc23)CC1. The molecule has 0 fully saturated rings. The fourth-order valence-corrected chi connectivity index (χ4v) is 2.72. The average Bonchev–Trinajstić information content (AvgIpc) is 2.81. The van der Waals surface area contributed by atoms with E-state index < -0.39 is 0 Å². The zero-order valence-corrected chi connectivity index (χ0v) is 11.3. The number of rotatable bonds is 2. The molecule has 0 saturated heterocycles.